The highest BCUT2D eigenvalue weighted by molar-refractivity contribution is 5.92. The van der Waals surface area contributed by atoms with Gasteiger partial charge in [0.25, 0.3) is 0 Å². The van der Waals surface area contributed by atoms with E-state index in [1.807, 2.05) is 30.3 Å². The van der Waals surface area contributed by atoms with Gasteiger partial charge in [0.05, 0.1) is 36.7 Å². The van der Waals surface area contributed by atoms with Crippen molar-refractivity contribution in [2.75, 3.05) is 13.7 Å². The van der Waals surface area contributed by atoms with E-state index in [0.717, 1.165) is 23.3 Å². The largest absolute Gasteiger partial charge is 0.465 e. The first-order valence-corrected chi connectivity index (χ1v) is 11.8. The SMILES string of the molecule is COC(=O)c1cc(-c2ccc(-c3cc(CCO)on3)cc2)cc(-n2cc(-c3ccc(C(F)(F)F)cc3)nn2)c1. The number of halogens is 3. The third-order valence-electron chi connectivity index (χ3n) is 6.04. The van der Waals surface area contributed by atoms with Crippen molar-refractivity contribution in [2.45, 2.75) is 12.6 Å². The fourth-order valence-corrected chi connectivity index (χ4v) is 4.01. The number of rotatable bonds is 7. The van der Waals surface area contributed by atoms with Crippen molar-refractivity contribution in [3.8, 4) is 39.3 Å². The second kappa shape index (κ2) is 10.5. The second-order valence-electron chi connectivity index (χ2n) is 8.61. The topological polar surface area (TPSA) is 103 Å². The molecule has 2 aromatic heterocycles. The Kier molecular flexibility index (Phi) is 6.99. The average Bonchev–Trinajstić information content (AvgIpc) is 3.63. The summed E-state index contributed by atoms with van der Waals surface area (Å²) < 4.78 is 50.3. The predicted molar refractivity (Wildman–Crippen MR) is 135 cm³/mol. The molecule has 0 saturated heterocycles. The number of benzene rings is 3. The summed E-state index contributed by atoms with van der Waals surface area (Å²) in [5.74, 6) is 0.0345. The maximum Gasteiger partial charge on any atom is 0.416 e. The molecule has 0 aliphatic heterocycles. The minimum absolute atomic E-state index is 0.0377. The Morgan fingerprint density at radius 2 is 1.59 bits per heavy atom. The first kappa shape index (κ1) is 25.9. The van der Waals surface area contributed by atoms with E-state index < -0.39 is 17.7 Å². The summed E-state index contributed by atoms with van der Waals surface area (Å²) in [6.07, 6.45) is -2.49. The van der Waals surface area contributed by atoms with Crippen molar-refractivity contribution < 1.29 is 32.3 Å². The van der Waals surface area contributed by atoms with Crippen molar-refractivity contribution in [2.24, 2.45) is 0 Å². The molecule has 5 aromatic rings. The van der Waals surface area contributed by atoms with Crippen molar-refractivity contribution in [3.05, 3.63) is 95.9 Å². The number of aromatic nitrogens is 4. The molecule has 0 aliphatic rings. The van der Waals surface area contributed by atoms with Gasteiger partial charge in [0.1, 0.15) is 17.1 Å². The van der Waals surface area contributed by atoms with Crippen LogP contribution in [0, 0.1) is 0 Å². The van der Waals surface area contributed by atoms with Gasteiger partial charge in [-0.1, -0.05) is 46.8 Å². The van der Waals surface area contributed by atoms with Crippen LogP contribution in [0.4, 0.5) is 13.2 Å². The number of alkyl halides is 3. The minimum atomic E-state index is -4.43. The van der Waals surface area contributed by atoms with Gasteiger partial charge in [0, 0.05) is 23.6 Å². The van der Waals surface area contributed by atoms with Crippen LogP contribution in [-0.4, -0.2) is 44.9 Å². The summed E-state index contributed by atoms with van der Waals surface area (Å²) >= 11 is 0. The minimum Gasteiger partial charge on any atom is -0.465 e. The summed E-state index contributed by atoms with van der Waals surface area (Å²) in [6.45, 7) is -0.0377. The van der Waals surface area contributed by atoms with Crippen LogP contribution in [-0.2, 0) is 17.3 Å². The van der Waals surface area contributed by atoms with Crippen molar-refractivity contribution in [1.82, 2.24) is 20.2 Å². The number of methoxy groups -OCH3 is 1. The van der Waals surface area contributed by atoms with Crippen LogP contribution in [0.3, 0.4) is 0 Å². The molecule has 0 radical (unpaired) electrons. The van der Waals surface area contributed by atoms with E-state index >= 15 is 0 Å². The first-order chi connectivity index (χ1) is 18.7. The summed E-state index contributed by atoms with van der Waals surface area (Å²) in [7, 11) is 1.28. The van der Waals surface area contributed by atoms with Crippen molar-refractivity contribution in [3.63, 3.8) is 0 Å². The highest BCUT2D eigenvalue weighted by atomic mass is 19.4. The predicted octanol–water partition coefficient (Wildman–Crippen LogP) is 5.60. The van der Waals surface area contributed by atoms with Gasteiger partial charge in [-0.25, -0.2) is 9.48 Å². The number of esters is 1. The molecule has 0 amide bonds. The fraction of sp³-hybridized carbons (Fsp3) is 0.143. The number of nitrogens with zero attached hydrogens (tertiary/aromatic N) is 4. The third kappa shape index (κ3) is 5.58. The van der Waals surface area contributed by atoms with Crippen LogP contribution in [0.5, 0.6) is 0 Å². The maximum atomic E-state index is 12.9. The van der Waals surface area contributed by atoms with Crippen LogP contribution in [0.1, 0.15) is 21.7 Å². The Bertz CT molecular complexity index is 1610. The number of carbonyl (C=O) groups excluding carboxylic acids is 1. The zero-order chi connectivity index (χ0) is 27.6. The quantitative estimate of drug-likeness (QED) is 0.271. The van der Waals surface area contributed by atoms with Gasteiger partial charge in [-0.2, -0.15) is 13.2 Å². The highest BCUT2D eigenvalue weighted by Crippen LogP contribution is 2.31. The summed E-state index contributed by atoms with van der Waals surface area (Å²) in [4.78, 5) is 12.4. The number of hydrogen-bond acceptors (Lipinski definition) is 7. The van der Waals surface area contributed by atoms with E-state index in [1.54, 1.807) is 24.4 Å². The second-order valence-corrected chi connectivity index (χ2v) is 8.61. The van der Waals surface area contributed by atoms with Crippen LogP contribution < -0.4 is 0 Å². The Morgan fingerprint density at radius 1 is 0.923 bits per heavy atom. The molecule has 0 unspecified atom stereocenters. The first-order valence-electron chi connectivity index (χ1n) is 11.8. The van der Waals surface area contributed by atoms with E-state index in [1.165, 1.54) is 23.9 Å². The van der Waals surface area contributed by atoms with E-state index in [9.17, 15) is 18.0 Å². The zero-order valence-corrected chi connectivity index (χ0v) is 20.5. The van der Waals surface area contributed by atoms with Crippen LogP contribution in [0.15, 0.2) is 83.5 Å². The highest BCUT2D eigenvalue weighted by Gasteiger charge is 2.30. The van der Waals surface area contributed by atoms with Gasteiger partial charge < -0.3 is 14.4 Å². The Balaban J connectivity index is 1.47. The molecule has 1 N–H and O–H groups in total. The molecular formula is C28H21F3N4O4. The van der Waals surface area contributed by atoms with Gasteiger partial charge in [-0.3, -0.25) is 0 Å². The average molecular weight is 534 g/mol. The van der Waals surface area contributed by atoms with Gasteiger partial charge >= 0.3 is 12.1 Å². The van der Waals surface area contributed by atoms with Gasteiger partial charge in [-0.15, -0.1) is 5.10 Å². The number of aliphatic hydroxyl groups is 1. The Hall–Kier alpha value is -4.77. The molecule has 2 heterocycles. The molecule has 0 fully saturated rings. The molecule has 0 saturated carbocycles. The van der Waals surface area contributed by atoms with E-state index in [2.05, 4.69) is 15.5 Å². The van der Waals surface area contributed by atoms with Gasteiger partial charge in [-0.05, 0) is 41.5 Å². The van der Waals surface area contributed by atoms with Crippen molar-refractivity contribution in [1.29, 1.82) is 0 Å². The van der Waals surface area contributed by atoms with Crippen LogP contribution >= 0.6 is 0 Å². The van der Waals surface area contributed by atoms with Gasteiger partial charge in [0.2, 0.25) is 0 Å². The number of hydrogen-bond donors (Lipinski definition) is 1. The van der Waals surface area contributed by atoms with Gasteiger partial charge in [0.15, 0.2) is 0 Å². The standard InChI is InChI=1S/C28H21F3N4O4/c1-38-27(37)21-12-20(17-2-4-18(5-3-17)25-15-24(10-11-36)39-33-25)13-23(14-21)35-16-26(32-34-35)19-6-8-22(9-7-19)28(29,30)31/h2-9,12-16,36H,10-11H2,1H3. The van der Waals surface area contributed by atoms with Crippen LogP contribution in [0.2, 0.25) is 0 Å². The third-order valence-corrected chi connectivity index (χ3v) is 6.04. The van der Waals surface area contributed by atoms with E-state index in [-0.39, 0.29) is 12.2 Å². The molecule has 198 valence electrons. The number of aliphatic hydroxyl groups excluding tert-OH is 1. The van der Waals surface area contributed by atoms with E-state index in [4.69, 9.17) is 14.4 Å². The molecule has 39 heavy (non-hydrogen) atoms. The fourth-order valence-electron chi connectivity index (χ4n) is 4.01. The molecule has 11 heteroatoms. The smallest absolute Gasteiger partial charge is 0.416 e. The monoisotopic (exact) mass is 534 g/mol. The number of ether oxygens (including phenoxy) is 1. The lowest BCUT2D eigenvalue weighted by molar-refractivity contribution is -0.137. The lowest BCUT2D eigenvalue weighted by atomic mass is 10.00. The molecule has 0 spiro atoms. The molecule has 0 aliphatic carbocycles. The van der Waals surface area contributed by atoms with Crippen molar-refractivity contribution >= 4 is 5.97 Å². The number of carbonyl (C=O) groups is 1. The molecule has 0 bridgehead atoms. The van der Waals surface area contributed by atoms with E-state index in [0.29, 0.717) is 40.4 Å². The Morgan fingerprint density at radius 3 is 2.26 bits per heavy atom. The lowest BCUT2D eigenvalue weighted by Gasteiger charge is -2.09. The molecule has 5 rings (SSSR count). The normalized spacial score (nSPS) is 11.5. The maximum absolute atomic E-state index is 12.9. The molecule has 3 aromatic carbocycles. The molecule has 8 nitrogen and oxygen atoms in total. The lowest BCUT2D eigenvalue weighted by Crippen LogP contribution is -2.04. The summed E-state index contributed by atoms with van der Waals surface area (Å²) in [5, 5.41) is 21.3. The summed E-state index contributed by atoms with van der Waals surface area (Å²) in [6, 6.07) is 18.9. The van der Waals surface area contributed by atoms with Crippen LogP contribution in [0.25, 0.3) is 39.3 Å². The summed E-state index contributed by atoms with van der Waals surface area (Å²) in [5.41, 5.74) is 3.81. The molecular weight excluding hydrogens is 513 g/mol. The Labute approximate surface area is 220 Å². The molecule has 0 atom stereocenters. The zero-order valence-electron chi connectivity index (χ0n) is 20.5.